The molecule has 21 heavy (non-hydrogen) atoms. The summed E-state index contributed by atoms with van der Waals surface area (Å²) >= 11 is 0. The number of fused-ring (bicyclic) bond motifs is 1. The van der Waals surface area contributed by atoms with E-state index in [-0.39, 0.29) is 11.3 Å². The Bertz CT molecular complexity index is 707. The van der Waals surface area contributed by atoms with Gasteiger partial charge in [0.05, 0.1) is 7.11 Å². The molecule has 0 aliphatic heterocycles. The molecule has 2 aromatic rings. The molecule has 0 saturated carbocycles. The largest absolute Gasteiger partial charge is 0.464 e. The van der Waals surface area contributed by atoms with Crippen LogP contribution in [0.15, 0.2) is 18.2 Å². The van der Waals surface area contributed by atoms with E-state index in [4.69, 9.17) is 9.47 Å². The standard InChI is InChI=1S/C16H19NO4/c1-9-7-6-8-10-11(9)12(13(17-10)15(19)20-5)14(18)21-16(2,3)4/h6-8,17H,1-5H3. The van der Waals surface area contributed by atoms with Gasteiger partial charge in [-0.3, -0.25) is 0 Å². The number of aromatic amines is 1. The van der Waals surface area contributed by atoms with Crippen molar-refractivity contribution in [1.82, 2.24) is 4.98 Å². The summed E-state index contributed by atoms with van der Waals surface area (Å²) in [5.74, 6) is -1.13. The molecule has 0 saturated heterocycles. The van der Waals surface area contributed by atoms with Crippen molar-refractivity contribution in [2.24, 2.45) is 0 Å². The molecular weight excluding hydrogens is 270 g/mol. The predicted octanol–water partition coefficient (Wildman–Crippen LogP) is 3.22. The molecule has 1 aromatic carbocycles. The van der Waals surface area contributed by atoms with Crippen LogP contribution in [0.1, 0.15) is 47.2 Å². The molecule has 0 spiro atoms. The molecule has 112 valence electrons. The van der Waals surface area contributed by atoms with Gasteiger partial charge in [0.25, 0.3) is 0 Å². The number of aromatic nitrogens is 1. The maximum absolute atomic E-state index is 12.5. The van der Waals surface area contributed by atoms with Crippen LogP contribution in [-0.4, -0.2) is 29.6 Å². The Kier molecular flexibility index (Phi) is 3.77. The summed E-state index contributed by atoms with van der Waals surface area (Å²) in [4.78, 5) is 27.3. The molecule has 0 radical (unpaired) electrons. The zero-order valence-electron chi connectivity index (χ0n) is 12.9. The summed E-state index contributed by atoms with van der Waals surface area (Å²) in [6, 6.07) is 5.54. The highest BCUT2D eigenvalue weighted by molar-refractivity contribution is 6.13. The summed E-state index contributed by atoms with van der Waals surface area (Å²) in [5.41, 5.74) is 1.30. The van der Waals surface area contributed by atoms with Gasteiger partial charge in [-0.05, 0) is 39.3 Å². The van der Waals surface area contributed by atoms with Crippen molar-refractivity contribution in [3.63, 3.8) is 0 Å². The third kappa shape index (κ3) is 2.91. The van der Waals surface area contributed by atoms with Crippen LogP contribution in [-0.2, 0) is 9.47 Å². The van der Waals surface area contributed by atoms with Crippen molar-refractivity contribution in [2.45, 2.75) is 33.3 Å². The van der Waals surface area contributed by atoms with E-state index in [1.54, 1.807) is 20.8 Å². The number of aryl methyl sites for hydroxylation is 1. The number of ether oxygens (including phenoxy) is 2. The zero-order valence-corrected chi connectivity index (χ0v) is 12.9. The van der Waals surface area contributed by atoms with Gasteiger partial charge in [-0.2, -0.15) is 0 Å². The predicted molar refractivity (Wildman–Crippen MR) is 79.5 cm³/mol. The van der Waals surface area contributed by atoms with Gasteiger partial charge in [0.1, 0.15) is 16.9 Å². The highest BCUT2D eigenvalue weighted by Crippen LogP contribution is 2.28. The number of carbonyl (C=O) groups is 2. The number of esters is 2. The first kappa shape index (κ1) is 15.1. The first-order chi connectivity index (χ1) is 9.74. The highest BCUT2D eigenvalue weighted by Gasteiger charge is 2.28. The highest BCUT2D eigenvalue weighted by atomic mass is 16.6. The van der Waals surface area contributed by atoms with Gasteiger partial charge < -0.3 is 14.5 Å². The Morgan fingerprint density at radius 3 is 2.38 bits per heavy atom. The van der Waals surface area contributed by atoms with Crippen LogP contribution < -0.4 is 0 Å². The second-order valence-electron chi connectivity index (χ2n) is 5.87. The summed E-state index contributed by atoms with van der Waals surface area (Å²) in [6.07, 6.45) is 0. The van der Waals surface area contributed by atoms with Crippen molar-refractivity contribution in [1.29, 1.82) is 0 Å². The third-order valence-corrected chi connectivity index (χ3v) is 3.02. The van der Waals surface area contributed by atoms with E-state index in [2.05, 4.69) is 4.98 Å². The lowest BCUT2D eigenvalue weighted by atomic mass is 10.1. The zero-order chi connectivity index (χ0) is 15.8. The summed E-state index contributed by atoms with van der Waals surface area (Å²) in [7, 11) is 1.28. The fourth-order valence-corrected chi connectivity index (χ4v) is 2.21. The Balaban J connectivity index is 2.68. The van der Waals surface area contributed by atoms with Gasteiger partial charge >= 0.3 is 11.9 Å². The number of carbonyl (C=O) groups excluding carboxylic acids is 2. The molecule has 2 rings (SSSR count). The molecule has 5 heteroatoms. The van der Waals surface area contributed by atoms with Crippen LogP contribution in [0.5, 0.6) is 0 Å². The molecule has 1 heterocycles. The lowest BCUT2D eigenvalue weighted by Gasteiger charge is -2.19. The molecule has 0 amide bonds. The average molecular weight is 289 g/mol. The van der Waals surface area contributed by atoms with Crippen molar-refractivity contribution < 1.29 is 19.1 Å². The number of benzene rings is 1. The Labute approximate surface area is 123 Å². The van der Waals surface area contributed by atoms with Crippen molar-refractivity contribution >= 4 is 22.8 Å². The molecular formula is C16H19NO4. The average Bonchev–Trinajstić information content (AvgIpc) is 2.76. The number of hydrogen-bond donors (Lipinski definition) is 1. The quantitative estimate of drug-likeness (QED) is 0.862. The number of hydrogen-bond acceptors (Lipinski definition) is 4. The molecule has 0 bridgehead atoms. The van der Waals surface area contributed by atoms with Gasteiger partial charge in [-0.25, -0.2) is 9.59 Å². The van der Waals surface area contributed by atoms with Crippen LogP contribution in [0.4, 0.5) is 0 Å². The van der Waals surface area contributed by atoms with Crippen molar-refractivity contribution in [3.8, 4) is 0 Å². The Morgan fingerprint density at radius 2 is 1.81 bits per heavy atom. The van der Waals surface area contributed by atoms with E-state index in [0.717, 1.165) is 5.56 Å². The van der Waals surface area contributed by atoms with E-state index in [1.165, 1.54) is 7.11 Å². The fraction of sp³-hybridized carbons (Fsp3) is 0.375. The fourth-order valence-electron chi connectivity index (χ4n) is 2.21. The number of H-pyrrole nitrogens is 1. The van der Waals surface area contributed by atoms with Crippen LogP contribution in [0.25, 0.3) is 10.9 Å². The lowest BCUT2D eigenvalue weighted by molar-refractivity contribution is 0.00675. The molecule has 0 aliphatic carbocycles. The first-order valence-electron chi connectivity index (χ1n) is 6.67. The summed E-state index contributed by atoms with van der Waals surface area (Å²) in [5, 5.41) is 0.687. The van der Waals surface area contributed by atoms with Gasteiger partial charge in [-0.15, -0.1) is 0 Å². The summed E-state index contributed by atoms with van der Waals surface area (Å²) in [6.45, 7) is 7.23. The monoisotopic (exact) mass is 289 g/mol. The van der Waals surface area contributed by atoms with Gasteiger partial charge in [0, 0.05) is 10.9 Å². The Hall–Kier alpha value is -2.30. The molecule has 0 fully saturated rings. The Morgan fingerprint density at radius 1 is 1.14 bits per heavy atom. The van der Waals surface area contributed by atoms with E-state index < -0.39 is 17.5 Å². The van der Waals surface area contributed by atoms with Crippen molar-refractivity contribution in [3.05, 3.63) is 35.0 Å². The van der Waals surface area contributed by atoms with E-state index >= 15 is 0 Å². The SMILES string of the molecule is COC(=O)c1[nH]c2cccc(C)c2c1C(=O)OC(C)(C)C. The smallest absolute Gasteiger partial charge is 0.355 e. The van der Waals surface area contributed by atoms with Crippen LogP contribution in [0.2, 0.25) is 0 Å². The maximum Gasteiger partial charge on any atom is 0.355 e. The number of methoxy groups -OCH3 is 1. The topological polar surface area (TPSA) is 68.4 Å². The van der Waals surface area contributed by atoms with Crippen molar-refractivity contribution in [2.75, 3.05) is 7.11 Å². The van der Waals surface area contributed by atoms with E-state index in [1.807, 2.05) is 25.1 Å². The molecule has 0 atom stereocenters. The second-order valence-corrected chi connectivity index (χ2v) is 5.87. The van der Waals surface area contributed by atoms with Crippen LogP contribution in [0.3, 0.4) is 0 Å². The van der Waals surface area contributed by atoms with Gasteiger partial charge in [-0.1, -0.05) is 12.1 Å². The molecule has 1 N–H and O–H groups in total. The minimum Gasteiger partial charge on any atom is -0.464 e. The van der Waals surface area contributed by atoms with Crippen LogP contribution >= 0.6 is 0 Å². The minimum atomic E-state index is -0.642. The molecule has 1 aromatic heterocycles. The minimum absolute atomic E-state index is 0.121. The number of rotatable bonds is 2. The van der Waals surface area contributed by atoms with E-state index in [0.29, 0.717) is 10.9 Å². The first-order valence-corrected chi connectivity index (χ1v) is 6.67. The second kappa shape index (κ2) is 5.24. The van der Waals surface area contributed by atoms with Crippen LogP contribution in [0, 0.1) is 6.92 Å². The third-order valence-electron chi connectivity index (χ3n) is 3.02. The molecule has 5 nitrogen and oxygen atoms in total. The van der Waals surface area contributed by atoms with Gasteiger partial charge in [0.15, 0.2) is 0 Å². The van der Waals surface area contributed by atoms with Gasteiger partial charge in [0.2, 0.25) is 0 Å². The molecule has 0 aliphatic rings. The number of nitrogens with one attached hydrogen (secondary N) is 1. The lowest BCUT2D eigenvalue weighted by Crippen LogP contribution is -2.25. The normalized spacial score (nSPS) is 11.5. The van der Waals surface area contributed by atoms with E-state index in [9.17, 15) is 9.59 Å². The maximum atomic E-state index is 12.5. The molecule has 0 unspecified atom stereocenters. The summed E-state index contributed by atoms with van der Waals surface area (Å²) < 4.78 is 10.2.